The van der Waals surface area contributed by atoms with Crippen LogP contribution in [0, 0.1) is 6.92 Å². The molecule has 0 unspecified atom stereocenters. The number of nitrogens with zero attached hydrogens (tertiary/aromatic N) is 2. The van der Waals surface area contributed by atoms with Gasteiger partial charge in [0.05, 0.1) is 6.20 Å². The van der Waals surface area contributed by atoms with Crippen molar-refractivity contribution >= 4 is 12.4 Å². The fourth-order valence-electron chi connectivity index (χ4n) is 0.482. The van der Waals surface area contributed by atoms with Crippen LogP contribution < -0.4 is 5.69 Å². The van der Waals surface area contributed by atoms with E-state index in [1.807, 2.05) is 0 Å². The van der Waals surface area contributed by atoms with Crippen LogP contribution in [-0.2, 0) is 0 Å². The van der Waals surface area contributed by atoms with Crippen LogP contribution in [0.1, 0.15) is 5.69 Å². The SMILES string of the molecule is Cc1ccn(O)c(=O)n1.Cl. The van der Waals surface area contributed by atoms with E-state index in [0.717, 1.165) is 0 Å². The standard InChI is InChI=1S/C5H6N2O2.ClH/c1-4-2-3-7(9)5(8)6-4;/h2-3,9H,1H3;1H. The average molecular weight is 163 g/mol. The van der Waals surface area contributed by atoms with Gasteiger partial charge in [-0.05, 0) is 13.0 Å². The summed E-state index contributed by atoms with van der Waals surface area (Å²) in [4.78, 5) is 13.9. The van der Waals surface area contributed by atoms with Crippen LogP contribution in [0.4, 0.5) is 0 Å². The molecule has 1 aromatic heterocycles. The van der Waals surface area contributed by atoms with E-state index in [1.54, 1.807) is 13.0 Å². The normalized spacial score (nSPS) is 8.50. The van der Waals surface area contributed by atoms with E-state index in [-0.39, 0.29) is 12.4 Å². The highest BCUT2D eigenvalue weighted by atomic mass is 35.5. The Bertz CT molecular complexity index is 271. The first kappa shape index (κ1) is 8.97. The molecule has 4 nitrogen and oxygen atoms in total. The molecule has 0 saturated carbocycles. The molecule has 0 atom stereocenters. The van der Waals surface area contributed by atoms with E-state index in [2.05, 4.69) is 4.98 Å². The lowest BCUT2D eigenvalue weighted by Crippen LogP contribution is -2.20. The molecule has 1 aromatic rings. The minimum atomic E-state index is -0.644. The van der Waals surface area contributed by atoms with Gasteiger partial charge < -0.3 is 5.21 Å². The lowest BCUT2D eigenvalue weighted by Gasteiger charge is -1.91. The molecule has 10 heavy (non-hydrogen) atoms. The van der Waals surface area contributed by atoms with Crippen molar-refractivity contribution < 1.29 is 5.21 Å². The van der Waals surface area contributed by atoms with Crippen LogP contribution in [0.2, 0.25) is 0 Å². The maximum atomic E-state index is 10.4. The molecule has 0 aliphatic rings. The Hall–Kier alpha value is -1.03. The van der Waals surface area contributed by atoms with Crippen LogP contribution in [-0.4, -0.2) is 14.9 Å². The van der Waals surface area contributed by atoms with Crippen LogP contribution >= 0.6 is 12.4 Å². The van der Waals surface area contributed by atoms with E-state index in [1.165, 1.54) is 6.20 Å². The van der Waals surface area contributed by atoms with Crippen molar-refractivity contribution in [2.45, 2.75) is 6.92 Å². The molecule has 0 aromatic carbocycles. The minimum absolute atomic E-state index is 0. The Morgan fingerprint density at radius 3 is 2.70 bits per heavy atom. The molecular weight excluding hydrogens is 156 g/mol. The highest BCUT2D eigenvalue weighted by molar-refractivity contribution is 5.85. The Morgan fingerprint density at radius 1 is 1.70 bits per heavy atom. The van der Waals surface area contributed by atoms with Gasteiger partial charge in [-0.15, -0.1) is 17.1 Å². The third-order valence-corrected chi connectivity index (χ3v) is 0.925. The quantitative estimate of drug-likeness (QED) is 0.555. The van der Waals surface area contributed by atoms with Crippen LogP contribution in [0.3, 0.4) is 0 Å². The van der Waals surface area contributed by atoms with Crippen LogP contribution in [0.25, 0.3) is 0 Å². The number of halogens is 1. The zero-order valence-electron chi connectivity index (χ0n) is 5.31. The van der Waals surface area contributed by atoms with Gasteiger partial charge in [0, 0.05) is 5.69 Å². The first-order valence-electron chi connectivity index (χ1n) is 2.46. The third kappa shape index (κ3) is 1.73. The maximum absolute atomic E-state index is 10.4. The Balaban J connectivity index is 0.000000810. The molecule has 0 aliphatic carbocycles. The summed E-state index contributed by atoms with van der Waals surface area (Å²) in [7, 11) is 0. The van der Waals surface area contributed by atoms with Gasteiger partial charge in [0.2, 0.25) is 0 Å². The molecule has 1 heterocycles. The van der Waals surface area contributed by atoms with Gasteiger partial charge in [-0.2, -0.15) is 4.98 Å². The largest absolute Gasteiger partial charge is 0.424 e. The molecule has 0 fully saturated rings. The number of hydrogen-bond donors (Lipinski definition) is 1. The summed E-state index contributed by atoms with van der Waals surface area (Å²) in [6.07, 6.45) is 1.25. The lowest BCUT2D eigenvalue weighted by molar-refractivity contribution is 0.169. The fourth-order valence-corrected chi connectivity index (χ4v) is 0.482. The first-order chi connectivity index (χ1) is 4.20. The minimum Gasteiger partial charge on any atom is -0.424 e. The molecule has 1 N–H and O–H groups in total. The highest BCUT2D eigenvalue weighted by Gasteiger charge is 1.90. The van der Waals surface area contributed by atoms with Crippen molar-refractivity contribution in [1.82, 2.24) is 9.71 Å². The van der Waals surface area contributed by atoms with Crippen LogP contribution in [0.15, 0.2) is 17.1 Å². The van der Waals surface area contributed by atoms with E-state index >= 15 is 0 Å². The maximum Gasteiger partial charge on any atom is 0.380 e. The summed E-state index contributed by atoms with van der Waals surface area (Å²) in [6, 6.07) is 1.54. The molecule has 56 valence electrons. The summed E-state index contributed by atoms with van der Waals surface area (Å²) in [6.45, 7) is 1.68. The summed E-state index contributed by atoms with van der Waals surface area (Å²) in [5.41, 5.74) is -0.0414. The van der Waals surface area contributed by atoms with Gasteiger partial charge in [0.15, 0.2) is 0 Å². The van der Waals surface area contributed by atoms with Gasteiger partial charge in [-0.1, -0.05) is 0 Å². The number of aromatic nitrogens is 2. The molecule has 0 amide bonds. The van der Waals surface area contributed by atoms with Crippen molar-refractivity contribution in [3.63, 3.8) is 0 Å². The molecule has 0 bridgehead atoms. The third-order valence-electron chi connectivity index (χ3n) is 0.925. The van der Waals surface area contributed by atoms with Crippen molar-refractivity contribution in [3.05, 3.63) is 28.4 Å². The molecule has 0 spiro atoms. The van der Waals surface area contributed by atoms with Gasteiger partial charge in [-0.25, -0.2) is 4.79 Å². The monoisotopic (exact) mass is 162 g/mol. The predicted octanol–water partition coefficient (Wildman–Crippen LogP) is 0.211. The highest BCUT2D eigenvalue weighted by Crippen LogP contribution is 1.81. The number of rotatable bonds is 0. The van der Waals surface area contributed by atoms with E-state index in [4.69, 9.17) is 5.21 Å². The Morgan fingerprint density at radius 2 is 2.30 bits per heavy atom. The van der Waals surface area contributed by atoms with Crippen molar-refractivity contribution in [1.29, 1.82) is 0 Å². The smallest absolute Gasteiger partial charge is 0.380 e. The average Bonchev–Trinajstić information content (AvgIpc) is 1.80. The second-order valence-corrected chi connectivity index (χ2v) is 1.70. The van der Waals surface area contributed by atoms with Crippen molar-refractivity contribution in [3.8, 4) is 0 Å². The Kier molecular flexibility index (Phi) is 2.89. The number of hydrogen-bond acceptors (Lipinski definition) is 3. The van der Waals surface area contributed by atoms with Gasteiger partial charge in [0.25, 0.3) is 0 Å². The predicted molar refractivity (Wildman–Crippen MR) is 37.7 cm³/mol. The van der Waals surface area contributed by atoms with E-state index < -0.39 is 5.69 Å². The van der Waals surface area contributed by atoms with E-state index in [0.29, 0.717) is 10.4 Å². The fraction of sp³-hybridized carbons (Fsp3) is 0.200. The van der Waals surface area contributed by atoms with Crippen molar-refractivity contribution in [2.24, 2.45) is 0 Å². The summed E-state index contributed by atoms with van der Waals surface area (Å²) < 4.78 is 0.438. The van der Waals surface area contributed by atoms with Crippen molar-refractivity contribution in [2.75, 3.05) is 0 Å². The second kappa shape index (κ2) is 3.22. The Labute approximate surface area is 63.5 Å². The topological polar surface area (TPSA) is 55.1 Å². The molecule has 1 rings (SSSR count). The summed E-state index contributed by atoms with van der Waals surface area (Å²) >= 11 is 0. The van der Waals surface area contributed by atoms with Gasteiger partial charge in [-0.3, -0.25) is 0 Å². The second-order valence-electron chi connectivity index (χ2n) is 1.70. The first-order valence-corrected chi connectivity index (χ1v) is 2.46. The summed E-state index contributed by atoms with van der Waals surface area (Å²) in [5.74, 6) is 0. The number of aryl methyl sites for hydroxylation is 1. The molecule has 5 heteroatoms. The zero-order chi connectivity index (χ0) is 6.85. The van der Waals surface area contributed by atoms with E-state index in [9.17, 15) is 4.79 Å². The summed E-state index contributed by atoms with van der Waals surface area (Å²) in [5, 5.41) is 8.59. The molecule has 0 saturated heterocycles. The van der Waals surface area contributed by atoms with Gasteiger partial charge >= 0.3 is 5.69 Å². The zero-order valence-corrected chi connectivity index (χ0v) is 6.13. The van der Waals surface area contributed by atoms with Crippen LogP contribution in [0.5, 0.6) is 0 Å². The lowest BCUT2D eigenvalue weighted by atomic mass is 10.5. The molecular formula is C5H7ClN2O2. The molecule has 0 aliphatic heterocycles. The van der Waals surface area contributed by atoms with Gasteiger partial charge in [0.1, 0.15) is 0 Å². The molecule has 0 radical (unpaired) electrons.